The van der Waals surface area contributed by atoms with Gasteiger partial charge in [0.2, 0.25) is 0 Å². The van der Waals surface area contributed by atoms with Crippen molar-refractivity contribution in [3.05, 3.63) is 35.4 Å². The average Bonchev–Trinajstić information content (AvgIpc) is 2.36. The highest BCUT2D eigenvalue weighted by Crippen LogP contribution is 2.16. The monoisotopic (exact) mass is 247 g/mol. The zero-order valence-electron chi connectivity index (χ0n) is 11.8. The third-order valence-electron chi connectivity index (χ3n) is 3.63. The maximum absolute atomic E-state index is 3.64. The van der Waals surface area contributed by atoms with Gasteiger partial charge in [-0.05, 0) is 38.7 Å². The van der Waals surface area contributed by atoms with E-state index in [1.807, 2.05) is 0 Å². The third kappa shape index (κ3) is 3.80. The molecule has 0 radical (unpaired) electrons. The molecule has 0 aliphatic carbocycles. The first-order valence-electron chi connectivity index (χ1n) is 6.78. The summed E-state index contributed by atoms with van der Waals surface area (Å²) in [5.74, 6) is 0. The van der Waals surface area contributed by atoms with Gasteiger partial charge in [0, 0.05) is 32.2 Å². The molecule has 1 N–H and O–H groups in total. The summed E-state index contributed by atoms with van der Waals surface area (Å²) in [6.07, 6.45) is 1.16. The lowest BCUT2D eigenvalue weighted by Crippen LogP contribution is -2.44. The van der Waals surface area contributed by atoms with E-state index >= 15 is 0 Å². The van der Waals surface area contributed by atoms with E-state index < -0.39 is 0 Å². The summed E-state index contributed by atoms with van der Waals surface area (Å²) in [6, 6.07) is 9.37. The minimum Gasteiger partial charge on any atom is -0.308 e. The Labute approximate surface area is 111 Å². The molecular formula is C15H25N3. The van der Waals surface area contributed by atoms with Crippen LogP contribution in [0.5, 0.6) is 0 Å². The fourth-order valence-corrected chi connectivity index (χ4v) is 2.49. The van der Waals surface area contributed by atoms with E-state index in [1.54, 1.807) is 0 Å². The van der Waals surface area contributed by atoms with E-state index in [0.717, 1.165) is 32.6 Å². The van der Waals surface area contributed by atoms with Gasteiger partial charge in [0.1, 0.15) is 0 Å². The van der Waals surface area contributed by atoms with Gasteiger partial charge >= 0.3 is 0 Å². The number of hydrogen-bond acceptors (Lipinski definition) is 3. The number of benzene rings is 1. The Hall–Kier alpha value is -0.900. The van der Waals surface area contributed by atoms with Crippen molar-refractivity contribution in [3.8, 4) is 0 Å². The predicted molar refractivity (Wildman–Crippen MR) is 76.8 cm³/mol. The summed E-state index contributed by atoms with van der Waals surface area (Å²) in [6.45, 7) is 4.40. The van der Waals surface area contributed by atoms with E-state index in [1.165, 1.54) is 11.1 Å². The Morgan fingerprint density at radius 3 is 2.56 bits per heavy atom. The quantitative estimate of drug-likeness (QED) is 0.843. The van der Waals surface area contributed by atoms with Crippen molar-refractivity contribution < 1.29 is 0 Å². The summed E-state index contributed by atoms with van der Waals surface area (Å²) in [5.41, 5.74) is 2.98. The molecule has 0 saturated carbocycles. The van der Waals surface area contributed by atoms with Crippen LogP contribution in [0, 0.1) is 0 Å². The average molecular weight is 247 g/mol. The first-order valence-corrected chi connectivity index (χ1v) is 6.78. The number of hydrogen-bond donors (Lipinski definition) is 1. The summed E-state index contributed by atoms with van der Waals surface area (Å²) in [7, 11) is 6.47. The van der Waals surface area contributed by atoms with Crippen LogP contribution in [0.4, 0.5) is 0 Å². The normalized spacial score (nSPS) is 19.3. The van der Waals surface area contributed by atoms with Crippen LogP contribution in [0.2, 0.25) is 0 Å². The SMILES string of the molecule is CN(C)CCN(C)C[C@@H]1Cc2ccccc2CN1. The molecule has 0 spiro atoms. The van der Waals surface area contributed by atoms with Gasteiger partial charge in [-0.15, -0.1) is 0 Å². The smallest absolute Gasteiger partial charge is 0.0238 e. The molecule has 100 valence electrons. The standard InChI is InChI=1S/C15H25N3/c1-17(2)8-9-18(3)12-15-10-13-6-4-5-7-14(13)11-16-15/h4-7,15-16H,8-12H2,1-3H3/t15-/m0/s1. The molecule has 0 bridgehead atoms. The Balaban J connectivity index is 1.82. The predicted octanol–water partition coefficient (Wildman–Crippen LogP) is 1.19. The van der Waals surface area contributed by atoms with Gasteiger partial charge in [0.15, 0.2) is 0 Å². The zero-order valence-corrected chi connectivity index (χ0v) is 11.8. The van der Waals surface area contributed by atoms with Crippen LogP contribution in [0.3, 0.4) is 0 Å². The first kappa shape index (κ1) is 13.5. The molecular weight excluding hydrogens is 222 g/mol. The summed E-state index contributed by atoms with van der Waals surface area (Å²) in [5, 5.41) is 3.64. The molecule has 0 amide bonds. The highest BCUT2D eigenvalue weighted by Gasteiger charge is 2.18. The third-order valence-corrected chi connectivity index (χ3v) is 3.63. The zero-order chi connectivity index (χ0) is 13.0. The Kier molecular flexibility index (Phi) is 4.75. The molecule has 1 atom stereocenters. The molecule has 3 nitrogen and oxygen atoms in total. The van der Waals surface area contributed by atoms with Crippen LogP contribution in [-0.4, -0.2) is 56.6 Å². The molecule has 1 aliphatic heterocycles. The lowest BCUT2D eigenvalue weighted by molar-refractivity contribution is 0.250. The summed E-state index contributed by atoms with van der Waals surface area (Å²) in [4.78, 5) is 4.66. The van der Waals surface area contributed by atoms with Crippen molar-refractivity contribution in [2.75, 3.05) is 40.8 Å². The number of nitrogens with zero attached hydrogens (tertiary/aromatic N) is 2. The molecule has 18 heavy (non-hydrogen) atoms. The largest absolute Gasteiger partial charge is 0.308 e. The van der Waals surface area contributed by atoms with Gasteiger partial charge in [-0.25, -0.2) is 0 Å². The van der Waals surface area contributed by atoms with Crippen LogP contribution in [0.15, 0.2) is 24.3 Å². The number of likely N-dealkylation sites (N-methyl/N-ethyl adjacent to an activating group) is 2. The molecule has 1 heterocycles. The van der Waals surface area contributed by atoms with Crippen LogP contribution >= 0.6 is 0 Å². The van der Waals surface area contributed by atoms with Crippen LogP contribution in [0.25, 0.3) is 0 Å². The summed E-state index contributed by atoms with van der Waals surface area (Å²) < 4.78 is 0. The van der Waals surface area contributed by atoms with Gasteiger partial charge in [0.05, 0.1) is 0 Å². The van der Waals surface area contributed by atoms with Gasteiger partial charge in [0.25, 0.3) is 0 Å². The maximum atomic E-state index is 3.64. The topological polar surface area (TPSA) is 18.5 Å². The number of fused-ring (bicyclic) bond motifs is 1. The maximum Gasteiger partial charge on any atom is 0.0238 e. The van der Waals surface area contributed by atoms with Crippen molar-refractivity contribution in [3.63, 3.8) is 0 Å². The van der Waals surface area contributed by atoms with E-state index in [-0.39, 0.29) is 0 Å². The Morgan fingerprint density at radius 1 is 1.11 bits per heavy atom. The van der Waals surface area contributed by atoms with Crippen LogP contribution < -0.4 is 5.32 Å². The van der Waals surface area contributed by atoms with Crippen LogP contribution in [0.1, 0.15) is 11.1 Å². The minimum absolute atomic E-state index is 0.590. The molecule has 0 saturated heterocycles. The Bertz CT molecular complexity index is 376. The van der Waals surface area contributed by atoms with Gasteiger partial charge < -0.3 is 15.1 Å². The van der Waals surface area contributed by atoms with Gasteiger partial charge in [-0.2, -0.15) is 0 Å². The Morgan fingerprint density at radius 2 is 1.83 bits per heavy atom. The fourth-order valence-electron chi connectivity index (χ4n) is 2.49. The molecule has 1 aromatic rings. The first-order chi connectivity index (χ1) is 8.65. The van der Waals surface area contributed by atoms with Crippen LogP contribution in [-0.2, 0) is 13.0 Å². The second-order valence-corrected chi connectivity index (χ2v) is 5.62. The molecule has 3 heteroatoms. The van der Waals surface area contributed by atoms with Crippen molar-refractivity contribution in [1.82, 2.24) is 15.1 Å². The highest BCUT2D eigenvalue weighted by molar-refractivity contribution is 5.29. The molecule has 0 fully saturated rings. The lowest BCUT2D eigenvalue weighted by Gasteiger charge is -2.30. The van der Waals surface area contributed by atoms with Gasteiger partial charge in [-0.3, -0.25) is 0 Å². The molecule has 1 aromatic carbocycles. The second-order valence-electron chi connectivity index (χ2n) is 5.62. The van der Waals surface area contributed by atoms with E-state index in [9.17, 15) is 0 Å². The molecule has 0 aromatic heterocycles. The minimum atomic E-state index is 0.590. The highest BCUT2D eigenvalue weighted by atomic mass is 15.2. The molecule has 0 unspecified atom stereocenters. The lowest BCUT2D eigenvalue weighted by atomic mass is 9.96. The van der Waals surface area contributed by atoms with Crippen molar-refractivity contribution in [2.24, 2.45) is 0 Å². The number of nitrogens with one attached hydrogen (secondary N) is 1. The molecule has 1 aliphatic rings. The van der Waals surface area contributed by atoms with E-state index in [2.05, 4.69) is 60.5 Å². The molecule has 2 rings (SSSR count). The number of rotatable bonds is 5. The van der Waals surface area contributed by atoms with E-state index in [4.69, 9.17) is 0 Å². The van der Waals surface area contributed by atoms with Gasteiger partial charge in [-0.1, -0.05) is 24.3 Å². The van der Waals surface area contributed by atoms with Crippen molar-refractivity contribution in [2.45, 2.75) is 19.0 Å². The fraction of sp³-hybridized carbons (Fsp3) is 0.600. The summed E-state index contributed by atoms with van der Waals surface area (Å²) >= 11 is 0. The van der Waals surface area contributed by atoms with Crippen molar-refractivity contribution >= 4 is 0 Å². The second kappa shape index (κ2) is 6.32. The van der Waals surface area contributed by atoms with Crippen molar-refractivity contribution in [1.29, 1.82) is 0 Å². The van der Waals surface area contributed by atoms with E-state index in [0.29, 0.717) is 6.04 Å².